The Bertz CT molecular complexity index is 86.5. The molecule has 0 fully saturated rings. The number of nitrogens with two attached hydrogens (primary N) is 1. The molecule has 0 aromatic heterocycles. The van der Waals surface area contributed by atoms with Gasteiger partial charge in [-0.2, -0.15) is 0 Å². The molecule has 4 nitrogen and oxygen atoms in total. The van der Waals surface area contributed by atoms with Gasteiger partial charge < -0.3 is 20.8 Å². The van der Waals surface area contributed by atoms with E-state index in [-0.39, 0.29) is 19.1 Å². The van der Waals surface area contributed by atoms with Gasteiger partial charge in [-0.25, -0.2) is 0 Å². The van der Waals surface area contributed by atoms with Gasteiger partial charge in [-0.15, -0.1) is 0 Å². The van der Waals surface area contributed by atoms with E-state index in [1.807, 2.05) is 11.9 Å². The van der Waals surface area contributed by atoms with Crippen molar-refractivity contribution in [2.75, 3.05) is 39.9 Å². The van der Waals surface area contributed by atoms with Crippen LogP contribution < -0.4 is 5.73 Å². The molecule has 0 saturated carbocycles. The van der Waals surface area contributed by atoms with Gasteiger partial charge in [0.2, 0.25) is 0 Å². The van der Waals surface area contributed by atoms with E-state index < -0.39 is 0 Å². The Kier molecular flexibility index (Phi) is 6.45. The molecule has 1 unspecified atom stereocenters. The summed E-state index contributed by atoms with van der Waals surface area (Å²) in [4.78, 5) is 1.95. The van der Waals surface area contributed by atoms with Crippen LogP contribution in [-0.4, -0.2) is 55.0 Å². The van der Waals surface area contributed by atoms with Crippen LogP contribution in [0.15, 0.2) is 0 Å². The minimum absolute atomic E-state index is 0.117. The lowest BCUT2D eigenvalue weighted by Crippen LogP contribution is -2.33. The quantitative estimate of drug-likeness (QED) is 0.443. The first-order chi connectivity index (χ1) is 5.24. The Morgan fingerprint density at radius 2 is 2.09 bits per heavy atom. The summed E-state index contributed by atoms with van der Waals surface area (Å²) in [6.07, 6.45) is 0. The first-order valence-electron chi connectivity index (χ1n) is 3.85. The monoisotopic (exact) mass is 162 g/mol. The Labute approximate surface area is 67.6 Å². The van der Waals surface area contributed by atoms with Crippen molar-refractivity contribution < 1.29 is 10.2 Å². The third-order valence-corrected chi connectivity index (χ3v) is 1.64. The van der Waals surface area contributed by atoms with Crippen LogP contribution in [-0.2, 0) is 0 Å². The van der Waals surface area contributed by atoms with Gasteiger partial charge in [0.1, 0.15) is 0 Å². The van der Waals surface area contributed by atoms with Crippen molar-refractivity contribution in [1.29, 1.82) is 0 Å². The molecule has 0 aliphatic carbocycles. The molecule has 0 aliphatic heterocycles. The third kappa shape index (κ3) is 5.15. The lowest BCUT2D eigenvalue weighted by Gasteiger charge is -2.20. The Hall–Kier alpha value is -0.160. The lowest BCUT2D eigenvalue weighted by molar-refractivity contribution is 0.162. The Morgan fingerprint density at radius 1 is 1.45 bits per heavy atom. The van der Waals surface area contributed by atoms with Gasteiger partial charge in [0.15, 0.2) is 0 Å². The highest BCUT2D eigenvalue weighted by Crippen LogP contribution is 1.94. The molecule has 11 heavy (non-hydrogen) atoms. The fourth-order valence-corrected chi connectivity index (χ4v) is 0.910. The molecule has 0 aromatic carbocycles. The molecular formula is C7H18N2O2. The van der Waals surface area contributed by atoms with Gasteiger partial charge >= 0.3 is 0 Å². The van der Waals surface area contributed by atoms with Crippen molar-refractivity contribution >= 4 is 0 Å². The van der Waals surface area contributed by atoms with Gasteiger partial charge in [0.25, 0.3) is 0 Å². The summed E-state index contributed by atoms with van der Waals surface area (Å²) in [5.74, 6) is 0.131. The van der Waals surface area contributed by atoms with Crippen molar-refractivity contribution in [3.05, 3.63) is 0 Å². The normalized spacial score (nSPS) is 13.9. The van der Waals surface area contributed by atoms with Gasteiger partial charge in [0, 0.05) is 25.6 Å². The molecule has 0 bridgehead atoms. The highest BCUT2D eigenvalue weighted by Gasteiger charge is 2.07. The number of hydrogen-bond donors (Lipinski definition) is 3. The van der Waals surface area contributed by atoms with E-state index in [0.29, 0.717) is 13.1 Å². The van der Waals surface area contributed by atoms with E-state index in [1.54, 1.807) is 0 Å². The SMILES string of the molecule is CN(CCO)CC(CN)CO. The molecule has 0 aliphatic rings. The van der Waals surface area contributed by atoms with Gasteiger partial charge in [0.05, 0.1) is 6.61 Å². The van der Waals surface area contributed by atoms with E-state index in [9.17, 15) is 0 Å². The highest BCUT2D eigenvalue weighted by atomic mass is 16.3. The number of aliphatic hydroxyl groups is 2. The number of hydrogen-bond acceptors (Lipinski definition) is 4. The van der Waals surface area contributed by atoms with Crippen LogP contribution in [0.3, 0.4) is 0 Å². The van der Waals surface area contributed by atoms with Gasteiger partial charge in [-0.05, 0) is 13.6 Å². The summed E-state index contributed by atoms with van der Waals surface area (Å²) < 4.78 is 0. The molecular weight excluding hydrogens is 144 g/mol. The number of likely N-dealkylation sites (N-methyl/N-ethyl adjacent to an activating group) is 1. The van der Waals surface area contributed by atoms with Crippen LogP contribution in [0.2, 0.25) is 0 Å². The second-order valence-corrected chi connectivity index (χ2v) is 2.77. The van der Waals surface area contributed by atoms with Crippen LogP contribution in [0.4, 0.5) is 0 Å². The van der Waals surface area contributed by atoms with Crippen LogP contribution in [0.25, 0.3) is 0 Å². The van der Waals surface area contributed by atoms with Crippen molar-refractivity contribution in [1.82, 2.24) is 4.90 Å². The molecule has 68 valence electrons. The fourth-order valence-electron chi connectivity index (χ4n) is 0.910. The largest absolute Gasteiger partial charge is 0.396 e. The average Bonchev–Trinajstić information content (AvgIpc) is 2.01. The molecule has 0 spiro atoms. The zero-order valence-electron chi connectivity index (χ0n) is 7.03. The van der Waals surface area contributed by atoms with E-state index in [2.05, 4.69) is 0 Å². The maximum absolute atomic E-state index is 8.77. The molecule has 0 aromatic rings. The number of aliphatic hydroxyl groups excluding tert-OH is 2. The molecule has 1 atom stereocenters. The number of rotatable bonds is 6. The molecule has 0 amide bonds. The van der Waals surface area contributed by atoms with Crippen molar-refractivity contribution in [3.8, 4) is 0 Å². The van der Waals surface area contributed by atoms with Crippen molar-refractivity contribution in [2.24, 2.45) is 11.7 Å². The zero-order chi connectivity index (χ0) is 8.69. The van der Waals surface area contributed by atoms with Crippen molar-refractivity contribution in [3.63, 3.8) is 0 Å². The lowest BCUT2D eigenvalue weighted by atomic mass is 10.1. The summed E-state index contributed by atoms with van der Waals surface area (Å²) in [5.41, 5.74) is 5.38. The highest BCUT2D eigenvalue weighted by molar-refractivity contribution is 4.62. The molecule has 0 rings (SSSR count). The van der Waals surface area contributed by atoms with Gasteiger partial charge in [-0.1, -0.05) is 0 Å². The average molecular weight is 162 g/mol. The first kappa shape index (κ1) is 10.8. The molecule has 4 heteroatoms. The Balaban J connectivity index is 3.44. The summed E-state index contributed by atoms with van der Waals surface area (Å²) >= 11 is 0. The van der Waals surface area contributed by atoms with Gasteiger partial charge in [-0.3, -0.25) is 0 Å². The predicted molar refractivity (Wildman–Crippen MR) is 44.2 cm³/mol. The van der Waals surface area contributed by atoms with E-state index in [1.165, 1.54) is 0 Å². The fraction of sp³-hybridized carbons (Fsp3) is 1.00. The van der Waals surface area contributed by atoms with Crippen LogP contribution in [0, 0.1) is 5.92 Å². The molecule has 0 heterocycles. The summed E-state index contributed by atoms with van der Waals surface area (Å²) in [5, 5.41) is 17.3. The standard InChI is InChI=1S/C7H18N2O2/c1-9(2-3-10)5-7(4-8)6-11/h7,10-11H,2-6,8H2,1H3. The van der Waals surface area contributed by atoms with E-state index in [0.717, 1.165) is 6.54 Å². The predicted octanol–water partition coefficient (Wildman–Crippen LogP) is -1.52. The minimum Gasteiger partial charge on any atom is -0.396 e. The van der Waals surface area contributed by atoms with E-state index >= 15 is 0 Å². The molecule has 4 N–H and O–H groups in total. The minimum atomic E-state index is 0.117. The number of nitrogens with zero attached hydrogens (tertiary/aromatic N) is 1. The Morgan fingerprint density at radius 3 is 2.45 bits per heavy atom. The second-order valence-electron chi connectivity index (χ2n) is 2.77. The van der Waals surface area contributed by atoms with E-state index in [4.69, 9.17) is 15.9 Å². The summed E-state index contributed by atoms with van der Waals surface area (Å²) in [6, 6.07) is 0. The van der Waals surface area contributed by atoms with Crippen LogP contribution in [0.1, 0.15) is 0 Å². The smallest absolute Gasteiger partial charge is 0.0558 e. The molecule has 0 saturated heterocycles. The maximum atomic E-state index is 8.77. The van der Waals surface area contributed by atoms with Crippen LogP contribution >= 0.6 is 0 Å². The third-order valence-electron chi connectivity index (χ3n) is 1.64. The molecule has 0 radical (unpaired) electrons. The first-order valence-corrected chi connectivity index (χ1v) is 3.85. The van der Waals surface area contributed by atoms with Crippen LogP contribution in [0.5, 0.6) is 0 Å². The maximum Gasteiger partial charge on any atom is 0.0558 e. The summed E-state index contributed by atoms with van der Waals surface area (Å²) in [7, 11) is 1.90. The topological polar surface area (TPSA) is 69.7 Å². The summed E-state index contributed by atoms with van der Waals surface area (Å²) in [6.45, 7) is 2.14. The zero-order valence-corrected chi connectivity index (χ0v) is 7.03. The van der Waals surface area contributed by atoms with Crippen molar-refractivity contribution in [2.45, 2.75) is 0 Å². The second kappa shape index (κ2) is 6.54.